The zero-order valence-electron chi connectivity index (χ0n) is 26.1. The van der Waals surface area contributed by atoms with Crippen LogP contribution >= 0.6 is 11.3 Å². The average molecular weight is 620 g/mol. The van der Waals surface area contributed by atoms with Crippen LogP contribution in [0.5, 0.6) is 0 Å². The van der Waals surface area contributed by atoms with Gasteiger partial charge in [0.15, 0.2) is 5.69 Å². The second-order valence-electron chi connectivity index (χ2n) is 11.1. The lowest BCUT2D eigenvalue weighted by Crippen LogP contribution is -2.36. The molecule has 0 radical (unpaired) electrons. The van der Waals surface area contributed by atoms with Gasteiger partial charge in [-0.25, -0.2) is 24.5 Å². The zero-order valence-corrected chi connectivity index (χ0v) is 26.9. The third-order valence-electron chi connectivity index (χ3n) is 6.21. The van der Waals surface area contributed by atoms with Gasteiger partial charge in [-0.05, 0) is 47.0 Å². The lowest BCUT2D eigenvalue weighted by atomic mass is 10.0. The molecule has 2 atom stereocenters. The molecule has 0 unspecified atom stereocenters. The van der Waals surface area contributed by atoms with E-state index in [2.05, 4.69) is 30.8 Å². The van der Waals surface area contributed by atoms with Gasteiger partial charge in [0, 0.05) is 17.5 Å². The van der Waals surface area contributed by atoms with Crippen LogP contribution in [0.1, 0.15) is 103 Å². The highest BCUT2D eigenvalue weighted by Crippen LogP contribution is 2.31. The minimum atomic E-state index is -0.629. The maximum Gasteiger partial charge on any atom is 0.408 e. The minimum Gasteiger partial charge on any atom is -0.466 e. The molecule has 14 heteroatoms. The molecule has 0 spiro atoms. The number of nitrogens with zero attached hydrogens (tertiary/aromatic N) is 2. The van der Waals surface area contributed by atoms with Crippen LogP contribution in [-0.4, -0.2) is 53.7 Å². The molecule has 3 heterocycles. The van der Waals surface area contributed by atoms with E-state index in [1.165, 1.54) is 24.7 Å². The summed E-state index contributed by atoms with van der Waals surface area (Å²) in [5, 5.41) is 10.9. The largest absolute Gasteiger partial charge is 0.466 e. The summed E-state index contributed by atoms with van der Waals surface area (Å²) in [7, 11) is 1.39. The first-order valence-corrected chi connectivity index (χ1v) is 14.9. The second kappa shape index (κ2) is 14.6. The molecule has 43 heavy (non-hydrogen) atoms. The fourth-order valence-electron chi connectivity index (χ4n) is 4.22. The monoisotopic (exact) mass is 619 g/mol. The fourth-order valence-corrected chi connectivity index (χ4v) is 5.24. The van der Waals surface area contributed by atoms with Crippen molar-refractivity contribution in [3.8, 4) is 11.6 Å². The Bertz CT molecular complexity index is 1400. The molecule has 3 aromatic heterocycles. The first kappa shape index (κ1) is 33.7. The van der Waals surface area contributed by atoms with Crippen LogP contribution in [-0.2, 0) is 20.9 Å². The van der Waals surface area contributed by atoms with Crippen molar-refractivity contribution in [2.75, 3.05) is 20.3 Å². The molecule has 0 saturated carbocycles. The lowest BCUT2D eigenvalue weighted by molar-refractivity contribution is -0.270. The first-order chi connectivity index (χ1) is 20.2. The zero-order chi connectivity index (χ0) is 31.9. The normalized spacial score (nSPS) is 13.1. The van der Waals surface area contributed by atoms with Crippen molar-refractivity contribution in [1.82, 2.24) is 25.9 Å². The molecule has 0 aliphatic carbocycles. The number of carbonyl (C=O) groups excluding carboxylic acids is 3. The van der Waals surface area contributed by atoms with E-state index in [4.69, 9.17) is 18.5 Å². The van der Waals surface area contributed by atoms with Gasteiger partial charge < -0.3 is 29.5 Å². The van der Waals surface area contributed by atoms with Gasteiger partial charge in [0.2, 0.25) is 5.89 Å². The summed E-state index contributed by atoms with van der Waals surface area (Å²) in [6.45, 7) is 15.1. The van der Waals surface area contributed by atoms with Crippen LogP contribution in [0.3, 0.4) is 0 Å². The van der Waals surface area contributed by atoms with Crippen LogP contribution in [0, 0.1) is 12.8 Å². The molecule has 3 amide bonds. The Balaban J connectivity index is 1.72. The fraction of sp³-hybridized carbons (Fsp3) is 0.552. The van der Waals surface area contributed by atoms with Gasteiger partial charge in [-0.3, -0.25) is 9.59 Å². The van der Waals surface area contributed by atoms with E-state index in [1.807, 2.05) is 20.8 Å². The second-order valence-corrected chi connectivity index (χ2v) is 12.0. The van der Waals surface area contributed by atoms with Crippen LogP contribution in [0.4, 0.5) is 4.79 Å². The van der Waals surface area contributed by atoms with Crippen molar-refractivity contribution < 1.29 is 37.7 Å². The van der Waals surface area contributed by atoms with Crippen molar-refractivity contribution in [2.45, 2.75) is 79.5 Å². The van der Waals surface area contributed by atoms with Gasteiger partial charge >= 0.3 is 6.09 Å². The van der Waals surface area contributed by atoms with Crippen LogP contribution in [0.2, 0.25) is 0 Å². The molecule has 3 rings (SSSR count). The molecule has 0 aliphatic heterocycles. The molecule has 3 aromatic rings. The summed E-state index contributed by atoms with van der Waals surface area (Å²) in [4.78, 5) is 56.6. The molecule has 0 aromatic carbocycles. The number of ether oxygens (including phenoxy) is 1. The van der Waals surface area contributed by atoms with Gasteiger partial charge in [0.25, 0.3) is 11.8 Å². The van der Waals surface area contributed by atoms with Gasteiger partial charge in [-0.15, -0.1) is 11.3 Å². The summed E-state index contributed by atoms with van der Waals surface area (Å²) in [6, 6.07) is -0.947. The topological polar surface area (TPSA) is 167 Å². The van der Waals surface area contributed by atoms with Gasteiger partial charge in [-0.2, -0.15) is 0 Å². The number of aromatic nitrogens is 2. The molecular formula is C29H41N5O8S. The van der Waals surface area contributed by atoms with E-state index in [1.54, 1.807) is 40.0 Å². The van der Waals surface area contributed by atoms with E-state index >= 15 is 0 Å². The van der Waals surface area contributed by atoms with Crippen molar-refractivity contribution in [1.29, 1.82) is 0 Å². The van der Waals surface area contributed by atoms with E-state index in [-0.39, 0.29) is 42.6 Å². The van der Waals surface area contributed by atoms with Crippen LogP contribution in [0.25, 0.3) is 11.6 Å². The Labute approximate surface area is 255 Å². The van der Waals surface area contributed by atoms with E-state index in [0.29, 0.717) is 39.8 Å². The Morgan fingerprint density at radius 3 is 2.44 bits per heavy atom. The lowest BCUT2D eigenvalue weighted by Gasteiger charge is -2.24. The third kappa shape index (κ3) is 8.88. The minimum absolute atomic E-state index is 0.0338. The number of thiazole rings is 1. The maximum atomic E-state index is 13.2. The van der Waals surface area contributed by atoms with Gasteiger partial charge in [-0.1, -0.05) is 20.8 Å². The maximum absolute atomic E-state index is 13.2. The van der Waals surface area contributed by atoms with E-state index in [9.17, 15) is 14.4 Å². The average Bonchev–Trinajstić information content (AvgIpc) is 3.66. The summed E-state index contributed by atoms with van der Waals surface area (Å²) in [5.41, 5.74) is 0.985. The number of carbonyl (C=O) groups is 3. The summed E-state index contributed by atoms with van der Waals surface area (Å²) < 4.78 is 16.9. The number of furan rings is 1. The number of oxazole rings is 1. The first-order valence-electron chi connectivity index (χ1n) is 14.0. The number of alkyl carbamates (subject to hydrolysis) is 1. The Morgan fingerprint density at radius 2 is 1.81 bits per heavy atom. The molecule has 236 valence electrons. The van der Waals surface area contributed by atoms with E-state index in [0.717, 1.165) is 0 Å². The molecule has 0 bridgehead atoms. The Hall–Kier alpha value is -3.75. The molecule has 13 nitrogen and oxygen atoms in total. The molecule has 0 saturated heterocycles. The number of amides is 3. The predicted octanol–water partition coefficient (Wildman–Crippen LogP) is 5.28. The standard InChI is InChI=1S/C29H41N5O8S/c1-10-18-19(24(35)30-11-12-40-38-9)13-39-23(18)16(4)31-25(36)22-17(5)41-26(33-22)20-14-43-27(32-20)21(15(2)3)34-28(37)42-29(6,7)8/h13-16,21H,10-12H2,1-9H3,(H,30,35)(H,31,36)(H,34,37)/t16-,21-/m0/s1. The number of hydrogen-bond acceptors (Lipinski definition) is 11. The Morgan fingerprint density at radius 1 is 1.09 bits per heavy atom. The smallest absolute Gasteiger partial charge is 0.408 e. The van der Waals surface area contributed by atoms with E-state index < -0.39 is 23.6 Å². The highest BCUT2D eigenvalue weighted by Gasteiger charge is 2.28. The SMILES string of the molecule is CCc1c(C(=O)NCCOOC)coc1[C@H](C)NC(=O)c1nc(-c2csc([C@@H](NC(=O)OC(C)(C)C)C(C)C)n2)oc1C. The van der Waals surface area contributed by atoms with Crippen molar-refractivity contribution >= 4 is 29.2 Å². The van der Waals surface area contributed by atoms with Gasteiger partial charge in [0.1, 0.15) is 34.1 Å². The number of rotatable bonds is 13. The van der Waals surface area contributed by atoms with Crippen molar-refractivity contribution in [3.05, 3.63) is 45.0 Å². The van der Waals surface area contributed by atoms with Crippen molar-refractivity contribution in [2.24, 2.45) is 5.92 Å². The number of nitrogens with one attached hydrogen (secondary N) is 3. The van der Waals surface area contributed by atoms with Crippen LogP contribution in [0.15, 0.2) is 20.5 Å². The highest BCUT2D eigenvalue weighted by molar-refractivity contribution is 7.10. The quantitative estimate of drug-likeness (QED) is 0.130. The predicted molar refractivity (Wildman–Crippen MR) is 159 cm³/mol. The van der Waals surface area contributed by atoms with Crippen molar-refractivity contribution in [3.63, 3.8) is 0 Å². The number of aryl methyl sites for hydroxylation is 1. The molecule has 0 fully saturated rings. The molecule has 3 N–H and O–H groups in total. The summed E-state index contributed by atoms with van der Waals surface area (Å²) in [6.07, 6.45) is 1.36. The number of hydrogen-bond donors (Lipinski definition) is 3. The molecule has 0 aliphatic rings. The summed E-state index contributed by atoms with van der Waals surface area (Å²) in [5.74, 6) is 0.216. The highest BCUT2D eigenvalue weighted by atomic mass is 32.1. The van der Waals surface area contributed by atoms with Crippen LogP contribution < -0.4 is 16.0 Å². The third-order valence-corrected chi connectivity index (χ3v) is 7.14. The Kier molecular flexibility index (Phi) is 11.5. The summed E-state index contributed by atoms with van der Waals surface area (Å²) >= 11 is 1.35. The van der Waals surface area contributed by atoms with Gasteiger partial charge in [0.05, 0.1) is 31.4 Å². The molecular weight excluding hydrogens is 578 g/mol.